The number of carbonyl (C=O) groups excluding carboxylic acids is 1. The van der Waals surface area contributed by atoms with Gasteiger partial charge in [0.1, 0.15) is 12.4 Å². The number of fused-ring (bicyclic) bond motifs is 1. The fourth-order valence-electron chi connectivity index (χ4n) is 4.24. The molecule has 0 N–H and O–H groups in total. The van der Waals surface area contributed by atoms with Crippen molar-refractivity contribution in [2.24, 2.45) is 0 Å². The monoisotopic (exact) mass is 577 g/mol. The number of methoxy groups -OCH3 is 2. The minimum absolute atomic E-state index is 0.0892. The molecule has 0 spiro atoms. The number of rotatable bonds is 9. The SMILES string of the molecule is COc1ccc(S(=O)(=O)N(CC(=O)N2CCc3cc(S(=O)(=O)N(C)C)ccc32)c2ccc(F)cc2)cc1OC. The van der Waals surface area contributed by atoms with Crippen LogP contribution >= 0.6 is 0 Å². The predicted molar refractivity (Wildman–Crippen MR) is 144 cm³/mol. The maximum atomic E-state index is 13.8. The molecule has 0 atom stereocenters. The van der Waals surface area contributed by atoms with Gasteiger partial charge < -0.3 is 14.4 Å². The first-order valence-electron chi connectivity index (χ1n) is 11.8. The van der Waals surface area contributed by atoms with Crippen LogP contribution in [-0.4, -0.2) is 68.5 Å². The van der Waals surface area contributed by atoms with Gasteiger partial charge in [-0.2, -0.15) is 0 Å². The summed E-state index contributed by atoms with van der Waals surface area (Å²) >= 11 is 0. The lowest BCUT2D eigenvalue weighted by molar-refractivity contribution is -0.117. The number of sulfonamides is 2. The van der Waals surface area contributed by atoms with Crippen LogP contribution in [0.1, 0.15) is 5.56 Å². The summed E-state index contributed by atoms with van der Waals surface area (Å²) in [6.07, 6.45) is 0.400. The van der Waals surface area contributed by atoms with Gasteiger partial charge in [-0.3, -0.25) is 9.10 Å². The lowest BCUT2D eigenvalue weighted by Gasteiger charge is -2.27. The summed E-state index contributed by atoms with van der Waals surface area (Å²) in [5, 5.41) is 0. The van der Waals surface area contributed by atoms with Gasteiger partial charge in [-0.05, 0) is 66.6 Å². The maximum Gasteiger partial charge on any atom is 0.264 e. The maximum absolute atomic E-state index is 13.8. The topological polar surface area (TPSA) is 114 Å². The van der Waals surface area contributed by atoms with E-state index in [1.165, 1.54) is 75.7 Å². The van der Waals surface area contributed by atoms with Crippen molar-refractivity contribution in [3.8, 4) is 11.5 Å². The zero-order chi connectivity index (χ0) is 28.5. The minimum Gasteiger partial charge on any atom is -0.493 e. The molecule has 13 heteroatoms. The molecule has 1 aliphatic rings. The Balaban J connectivity index is 1.70. The zero-order valence-corrected chi connectivity index (χ0v) is 23.4. The molecule has 0 radical (unpaired) electrons. The Hall–Kier alpha value is -3.68. The van der Waals surface area contributed by atoms with E-state index in [0.717, 1.165) is 20.7 Å². The quantitative estimate of drug-likeness (QED) is 0.384. The molecule has 10 nitrogen and oxygen atoms in total. The molecule has 208 valence electrons. The van der Waals surface area contributed by atoms with E-state index < -0.39 is 38.3 Å². The molecule has 0 saturated heterocycles. The molecule has 1 heterocycles. The Morgan fingerprint density at radius 2 is 1.49 bits per heavy atom. The fraction of sp³-hybridized carbons (Fsp3) is 0.269. The van der Waals surface area contributed by atoms with Crippen molar-refractivity contribution in [2.45, 2.75) is 16.2 Å². The van der Waals surface area contributed by atoms with E-state index in [2.05, 4.69) is 0 Å². The molecule has 0 bridgehead atoms. The summed E-state index contributed by atoms with van der Waals surface area (Å²) in [6, 6.07) is 13.3. The number of carbonyl (C=O) groups is 1. The Morgan fingerprint density at radius 1 is 0.872 bits per heavy atom. The van der Waals surface area contributed by atoms with Crippen LogP contribution in [0.5, 0.6) is 11.5 Å². The molecule has 39 heavy (non-hydrogen) atoms. The second-order valence-corrected chi connectivity index (χ2v) is 12.9. The second kappa shape index (κ2) is 10.8. The number of halogens is 1. The largest absolute Gasteiger partial charge is 0.493 e. The predicted octanol–water partition coefficient (Wildman–Crippen LogP) is 2.88. The number of hydrogen-bond acceptors (Lipinski definition) is 7. The van der Waals surface area contributed by atoms with Gasteiger partial charge in [-0.25, -0.2) is 25.5 Å². The van der Waals surface area contributed by atoms with Crippen molar-refractivity contribution in [3.63, 3.8) is 0 Å². The third-order valence-corrected chi connectivity index (χ3v) is 9.94. The van der Waals surface area contributed by atoms with Crippen LogP contribution in [0.4, 0.5) is 15.8 Å². The highest BCUT2D eigenvalue weighted by atomic mass is 32.2. The van der Waals surface area contributed by atoms with Crippen molar-refractivity contribution >= 4 is 37.3 Å². The molecule has 0 unspecified atom stereocenters. The van der Waals surface area contributed by atoms with Gasteiger partial charge in [0.15, 0.2) is 11.5 Å². The van der Waals surface area contributed by atoms with E-state index in [1.807, 2.05) is 0 Å². The molecule has 0 aliphatic carbocycles. The summed E-state index contributed by atoms with van der Waals surface area (Å²) in [5.74, 6) is -0.595. The summed E-state index contributed by atoms with van der Waals surface area (Å²) in [7, 11) is -2.33. The number of anilines is 2. The van der Waals surface area contributed by atoms with Gasteiger partial charge in [0, 0.05) is 32.4 Å². The van der Waals surface area contributed by atoms with Crippen LogP contribution in [0.2, 0.25) is 0 Å². The van der Waals surface area contributed by atoms with Crippen molar-refractivity contribution in [1.82, 2.24) is 4.31 Å². The van der Waals surface area contributed by atoms with E-state index in [4.69, 9.17) is 9.47 Å². The molecule has 3 aromatic carbocycles. The molecule has 0 saturated carbocycles. The lowest BCUT2D eigenvalue weighted by atomic mass is 10.2. The summed E-state index contributed by atoms with van der Waals surface area (Å²) in [6.45, 7) is -0.340. The van der Waals surface area contributed by atoms with Crippen LogP contribution in [0.25, 0.3) is 0 Å². The average Bonchev–Trinajstić information content (AvgIpc) is 3.35. The molecule has 1 amide bonds. The van der Waals surface area contributed by atoms with Gasteiger partial charge in [0.05, 0.1) is 29.7 Å². The molecule has 4 rings (SSSR count). The average molecular weight is 578 g/mol. The van der Waals surface area contributed by atoms with Gasteiger partial charge in [-0.15, -0.1) is 0 Å². The first kappa shape index (κ1) is 28.3. The van der Waals surface area contributed by atoms with Crippen LogP contribution in [0.15, 0.2) is 70.5 Å². The number of ether oxygens (including phenoxy) is 2. The van der Waals surface area contributed by atoms with Gasteiger partial charge >= 0.3 is 0 Å². The highest BCUT2D eigenvalue weighted by molar-refractivity contribution is 7.92. The van der Waals surface area contributed by atoms with E-state index >= 15 is 0 Å². The lowest BCUT2D eigenvalue weighted by Crippen LogP contribution is -2.42. The normalized spacial score (nSPS) is 13.3. The van der Waals surface area contributed by atoms with Crippen molar-refractivity contribution in [3.05, 3.63) is 72.0 Å². The number of benzene rings is 3. The van der Waals surface area contributed by atoms with Crippen molar-refractivity contribution in [1.29, 1.82) is 0 Å². The Kier molecular flexibility index (Phi) is 7.87. The zero-order valence-electron chi connectivity index (χ0n) is 21.8. The van der Waals surface area contributed by atoms with Gasteiger partial charge in [0.25, 0.3) is 10.0 Å². The van der Waals surface area contributed by atoms with E-state index in [1.54, 1.807) is 6.07 Å². The molecular formula is C26H28FN3O7S2. The Bertz CT molecular complexity index is 1610. The van der Waals surface area contributed by atoms with Gasteiger partial charge in [-0.1, -0.05) is 0 Å². The third kappa shape index (κ3) is 5.42. The smallest absolute Gasteiger partial charge is 0.264 e. The van der Waals surface area contributed by atoms with E-state index in [0.29, 0.717) is 23.4 Å². The molecule has 0 fully saturated rings. The highest BCUT2D eigenvalue weighted by Crippen LogP contribution is 2.34. The molecule has 3 aromatic rings. The Labute approximate surface area is 227 Å². The molecule has 1 aliphatic heterocycles. The first-order chi connectivity index (χ1) is 18.4. The van der Waals surface area contributed by atoms with Crippen LogP contribution in [-0.2, 0) is 31.3 Å². The summed E-state index contributed by atoms with van der Waals surface area (Å²) in [5.41, 5.74) is 1.24. The number of amides is 1. The Morgan fingerprint density at radius 3 is 2.10 bits per heavy atom. The summed E-state index contributed by atoms with van der Waals surface area (Å²) in [4.78, 5) is 14.9. The first-order valence-corrected chi connectivity index (χ1v) is 14.6. The van der Waals surface area contributed by atoms with Crippen molar-refractivity contribution < 1.29 is 35.5 Å². The minimum atomic E-state index is -4.32. The van der Waals surface area contributed by atoms with Crippen molar-refractivity contribution in [2.75, 3.05) is 50.6 Å². The van der Waals surface area contributed by atoms with Gasteiger partial charge in [0.2, 0.25) is 15.9 Å². The van der Waals surface area contributed by atoms with E-state index in [9.17, 15) is 26.0 Å². The van der Waals surface area contributed by atoms with Crippen LogP contribution in [0.3, 0.4) is 0 Å². The second-order valence-electron chi connectivity index (χ2n) is 8.88. The standard InChI is InChI=1S/C26H28FN3O7S2/c1-28(2)38(32,33)21-9-11-23-18(15-21)13-14-29(23)26(31)17-30(20-7-5-19(27)6-8-20)39(34,35)22-10-12-24(36-3)25(16-22)37-4/h5-12,15-16H,13-14,17H2,1-4H3. The molecular weight excluding hydrogens is 549 g/mol. The number of hydrogen-bond donors (Lipinski definition) is 0. The molecule has 0 aromatic heterocycles. The number of nitrogens with zero attached hydrogens (tertiary/aromatic N) is 3. The van der Waals surface area contributed by atoms with Crippen LogP contribution < -0.4 is 18.7 Å². The van der Waals surface area contributed by atoms with E-state index in [-0.39, 0.29) is 27.8 Å². The van der Waals surface area contributed by atoms with Crippen LogP contribution in [0, 0.1) is 5.82 Å². The fourth-order valence-corrected chi connectivity index (χ4v) is 6.63. The third-order valence-electron chi connectivity index (χ3n) is 6.36. The highest BCUT2D eigenvalue weighted by Gasteiger charge is 2.33. The summed E-state index contributed by atoms with van der Waals surface area (Å²) < 4.78 is 78.8.